The zero-order chi connectivity index (χ0) is 19.3. The van der Waals surface area contributed by atoms with Crippen molar-refractivity contribution in [2.24, 2.45) is 0 Å². The summed E-state index contributed by atoms with van der Waals surface area (Å²) in [6, 6.07) is 5.77. The van der Waals surface area contributed by atoms with Crippen molar-refractivity contribution in [1.82, 2.24) is 4.90 Å². The molecule has 0 spiro atoms. The molecular formula is C17H21NO7S. The molecule has 0 unspecified atom stereocenters. The van der Waals surface area contributed by atoms with Gasteiger partial charge >= 0.3 is 5.97 Å². The van der Waals surface area contributed by atoms with Gasteiger partial charge in [0, 0.05) is 18.7 Å². The van der Waals surface area contributed by atoms with E-state index in [4.69, 9.17) is 9.47 Å². The largest absolute Gasteiger partial charge is 0.482 e. The third kappa shape index (κ3) is 5.29. The molecule has 1 saturated heterocycles. The van der Waals surface area contributed by atoms with Gasteiger partial charge in [-0.05, 0) is 37.6 Å². The minimum atomic E-state index is -3.11. The first kappa shape index (κ1) is 19.9. The van der Waals surface area contributed by atoms with Crippen LogP contribution in [0.1, 0.15) is 23.7 Å². The normalized spacial score (nSPS) is 19.4. The summed E-state index contributed by atoms with van der Waals surface area (Å²) in [5, 5.41) is 0. The van der Waals surface area contributed by atoms with Crippen molar-refractivity contribution in [3.63, 3.8) is 0 Å². The molecule has 1 amide bonds. The Hall–Kier alpha value is -2.42. The minimum absolute atomic E-state index is 0.0557. The quantitative estimate of drug-likeness (QED) is 0.497. The highest BCUT2D eigenvalue weighted by Crippen LogP contribution is 2.18. The SMILES string of the molecule is C[C@H](OC(=O)COc1ccc(C=O)cc1)C(=O)N(C)[C@H]1CCS(=O)(=O)C1. The van der Waals surface area contributed by atoms with Gasteiger partial charge < -0.3 is 14.4 Å². The number of ether oxygens (including phenoxy) is 2. The van der Waals surface area contributed by atoms with Crippen LogP contribution in [0.3, 0.4) is 0 Å². The van der Waals surface area contributed by atoms with Crippen molar-refractivity contribution < 1.29 is 32.3 Å². The van der Waals surface area contributed by atoms with E-state index in [0.717, 1.165) is 0 Å². The average Bonchev–Trinajstić information content (AvgIpc) is 2.98. The molecule has 0 N–H and O–H groups in total. The second kappa shape index (κ2) is 8.31. The molecule has 0 radical (unpaired) electrons. The van der Waals surface area contributed by atoms with Crippen LogP contribution in [-0.4, -0.2) is 68.8 Å². The summed E-state index contributed by atoms with van der Waals surface area (Å²) in [4.78, 5) is 36.0. The standard InChI is InChI=1S/C17H21NO7S/c1-12(17(21)18(2)14-7-8-26(22,23)11-14)25-16(20)10-24-15-5-3-13(9-19)4-6-15/h3-6,9,12,14H,7-8,10-11H2,1-2H3/t12-,14-/m0/s1. The van der Waals surface area contributed by atoms with Gasteiger partial charge in [-0.15, -0.1) is 0 Å². The van der Waals surface area contributed by atoms with E-state index in [-0.39, 0.29) is 18.1 Å². The van der Waals surface area contributed by atoms with Crippen LogP contribution in [0.4, 0.5) is 0 Å². The molecule has 1 aliphatic rings. The Morgan fingerprint density at radius 2 is 1.96 bits per heavy atom. The number of carbonyl (C=O) groups is 3. The predicted molar refractivity (Wildman–Crippen MR) is 92.7 cm³/mol. The Bertz CT molecular complexity index is 773. The molecule has 0 aliphatic carbocycles. The van der Waals surface area contributed by atoms with E-state index in [0.29, 0.717) is 24.0 Å². The van der Waals surface area contributed by atoms with Crippen LogP contribution in [0.2, 0.25) is 0 Å². The summed E-state index contributed by atoms with van der Waals surface area (Å²) in [5.41, 5.74) is 0.483. The molecule has 0 aromatic heterocycles. The van der Waals surface area contributed by atoms with Gasteiger partial charge in [-0.2, -0.15) is 0 Å². The first-order chi connectivity index (χ1) is 12.2. The number of hydrogen-bond acceptors (Lipinski definition) is 7. The van der Waals surface area contributed by atoms with Gasteiger partial charge in [0.2, 0.25) is 0 Å². The molecule has 1 fully saturated rings. The minimum Gasteiger partial charge on any atom is -0.482 e. The topological polar surface area (TPSA) is 107 Å². The van der Waals surface area contributed by atoms with Crippen LogP contribution in [0.5, 0.6) is 5.75 Å². The number of likely N-dealkylation sites (N-methyl/N-ethyl adjacent to an activating group) is 1. The number of amides is 1. The van der Waals surface area contributed by atoms with Gasteiger partial charge in [-0.25, -0.2) is 13.2 Å². The van der Waals surface area contributed by atoms with E-state index in [2.05, 4.69) is 0 Å². The van der Waals surface area contributed by atoms with Crippen molar-refractivity contribution in [3.05, 3.63) is 29.8 Å². The molecule has 0 bridgehead atoms. The van der Waals surface area contributed by atoms with Gasteiger partial charge in [-0.3, -0.25) is 9.59 Å². The zero-order valence-corrected chi connectivity index (χ0v) is 15.4. The second-order valence-corrected chi connectivity index (χ2v) is 8.34. The van der Waals surface area contributed by atoms with E-state index < -0.39 is 33.9 Å². The molecule has 2 atom stereocenters. The Morgan fingerprint density at radius 3 is 2.50 bits per heavy atom. The highest BCUT2D eigenvalue weighted by atomic mass is 32.2. The maximum atomic E-state index is 12.3. The lowest BCUT2D eigenvalue weighted by Crippen LogP contribution is -2.44. The van der Waals surface area contributed by atoms with Crippen molar-refractivity contribution >= 4 is 28.0 Å². The Balaban J connectivity index is 1.81. The number of rotatable bonds is 7. The van der Waals surface area contributed by atoms with Crippen molar-refractivity contribution in [3.8, 4) is 5.75 Å². The number of carbonyl (C=O) groups excluding carboxylic acids is 3. The summed E-state index contributed by atoms with van der Waals surface area (Å²) < 4.78 is 33.3. The van der Waals surface area contributed by atoms with E-state index in [1.54, 1.807) is 24.3 Å². The van der Waals surface area contributed by atoms with Gasteiger partial charge in [0.05, 0.1) is 11.5 Å². The predicted octanol–water partition coefficient (Wildman–Crippen LogP) is 0.455. The lowest BCUT2D eigenvalue weighted by molar-refractivity contribution is -0.160. The summed E-state index contributed by atoms with van der Waals surface area (Å²) in [6.45, 7) is 1.04. The number of nitrogens with zero attached hydrogens (tertiary/aromatic N) is 1. The molecule has 1 heterocycles. The second-order valence-electron chi connectivity index (χ2n) is 6.11. The molecular weight excluding hydrogens is 362 g/mol. The van der Waals surface area contributed by atoms with E-state index >= 15 is 0 Å². The van der Waals surface area contributed by atoms with E-state index in [9.17, 15) is 22.8 Å². The zero-order valence-electron chi connectivity index (χ0n) is 14.6. The monoisotopic (exact) mass is 383 g/mol. The van der Waals surface area contributed by atoms with Crippen LogP contribution >= 0.6 is 0 Å². The highest BCUT2D eigenvalue weighted by molar-refractivity contribution is 7.91. The number of aldehydes is 1. The van der Waals surface area contributed by atoms with Crippen molar-refractivity contribution in [1.29, 1.82) is 0 Å². The number of sulfone groups is 1. The van der Waals surface area contributed by atoms with Gasteiger partial charge in [0.1, 0.15) is 12.0 Å². The van der Waals surface area contributed by atoms with E-state index in [1.165, 1.54) is 18.9 Å². The third-order valence-corrected chi connectivity index (χ3v) is 5.88. The smallest absolute Gasteiger partial charge is 0.344 e. The molecule has 26 heavy (non-hydrogen) atoms. The molecule has 1 aliphatic heterocycles. The van der Waals surface area contributed by atoms with Crippen LogP contribution in [0.25, 0.3) is 0 Å². The summed E-state index contributed by atoms with van der Waals surface area (Å²) >= 11 is 0. The maximum Gasteiger partial charge on any atom is 0.344 e. The molecule has 2 rings (SSSR count). The molecule has 1 aromatic carbocycles. The molecule has 9 heteroatoms. The Kier molecular flexibility index (Phi) is 6.36. The number of esters is 1. The summed E-state index contributed by atoms with van der Waals surface area (Å²) in [6.07, 6.45) is 0.0274. The van der Waals surface area contributed by atoms with Crippen LogP contribution < -0.4 is 4.74 Å². The summed E-state index contributed by atoms with van der Waals surface area (Å²) in [5.74, 6) is -0.816. The lowest BCUT2D eigenvalue weighted by atomic mass is 10.2. The highest BCUT2D eigenvalue weighted by Gasteiger charge is 2.34. The van der Waals surface area contributed by atoms with Crippen molar-refractivity contribution in [2.75, 3.05) is 25.2 Å². The Labute approximate surface area is 152 Å². The third-order valence-electron chi connectivity index (χ3n) is 4.13. The van der Waals surface area contributed by atoms with Crippen molar-refractivity contribution in [2.45, 2.75) is 25.5 Å². The van der Waals surface area contributed by atoms with E-state index in [1.807, 2.05) is 0 Å². The fourth-order valence-electron chi connectivity index (χ4n) is 2.61. The van der Waals surface area contributed by atoms with Crippen LogP contribution in [0.15, 0.2) is 24.3 Å². The first-order valence-electron chi connectivity index (χ1n) is 8.06. The Morgan fingerprint density at radius 1 is 1.31 bits per heavy atom. The lowest BCUT2D eigenvalue weighted by Gasteiger charge is -2.26. The number of hydrogen-bond donors (Lipinski definition) is 0. The molecule has 142 valence electrons. The fourth-order valence-corrected chi connectivity index (χ4v) is 4.39. The number of benzene rings is 1. The van der Waals surface area contributed by atoms with Gasteiger partial charge in [0.25, 0.3) is 5.91 Å². The van der Waals surface area contributed by atoms with Crippen LogP contribution in [0, 0.1) is 0 Å². The van der Waals surface area contributed by atoms with Gasteiger partial charge in [-0.1, -0.05) is 0 Å². The molecule has 8 nitrogen and oxygen atoms in total. The maximum absolute atomic E-state index is 12.3. The first-order valence-corrected chi connectivity index (χ1v) is 9.88. The molecule has 1 aromatic rings. The fraction of sp³-hybridized carbons (Fsp3) is 0.471. The van der Waals surface area contributed by atoms with Crippen LogP contribution in [-0.2, 0) is 24.2 Å². The average molecular weight is 383 g/mol. The molecule has 0 saturated carbocycles. The van der Waals surface area contributed by atoms with Gasteiger partial charge in [0.15, 0.2) is 22.5 Å². The summed E-state index contributed by atoms with van der Waals surface area (Å²) in [7, 11) is -1.61.